The average molecular weight is 423 g/mol. The fourth-order valence-corrected chi connectivity index (χ4v) is 4.15. The quantitative estimate of drug-likeness (QED) is 0.521. The molecular formula is C25H27FN2O3. The lowest BCUT2D eigenvalue weighted by Crippen LogP contribution is -2.35. The summed E-state index contributed by atoms with van der Waals surface area (Å²) in [5.74, 6) is 1.38. The topological polar surface area (TPSA) is 55.6 Å². The van der Waals surface area contributed by atoms with Gasteiger partial charge in [-0.2, -0.15) is 0 Å². The number of aromatic nitrogens is 1. The maximum absolute atomic E-state index is 14.0. The van der Waals surface area contributed by atoms with Crippen molar-refractivity contribution in [1.29, 1.82) is 0 Å². The van der Waals surface area contributed by atoms with Crippen molar-refractivity contribution in [3.05, 3.63) is 72.0 Å². The normalized spacial score (nSPS) is 16.7. The van der Waals surface area contributed by atoms with Gasteiger partial charge in [0.15, 0.2) is 11.7 Å². The van der Waals surface area contributed by atoms with Crippen LogP contribution in [0.2, 0.25) is 0 Å². The van der Waals surface area contributed by atoms with E-state index in [2.05, 4.69) is 4.98 Å². The molecule has 1 amide bonds. The predicted molar refractivity (Wildman–Crippen MR) is 116 cm³/mol. The predicted octanol–water partition coefficient (Wildman–Crippen LogP) is 5.57. The Morgan fingerprint density at radius 3 is 2.74 bits per heavy atom. The van der Waals surface area contributed by atoms with Crippen molar-refractivity contribution < 1.29 is 18.3 Å². The van der Waals surface area contributed by atoms with Gasteiger partial charge in [0.1, 0.15) is 11.6 Å². The fourth-order valence-electron chi connectivity index (χ4n) is 4.15. The molecule has 0 spiro atoms. The number of likely N-dealkylation sites (tertiary alicyclic amines) is 1. The van der Waals surface area contributed by atoms with Crippen LogP contribution in [0.1, 0.15) is 49.6 Å². The zero-order chi connectivity index (χ0) is 21.6. The van der Waals surface area contributed by atoms with E-state index in [1.54, 1.807) is 25.3 Å². The van der Waals surface area contributed by atoms with Crippen LogP contribution < -0.4 is 4.74 Å². The minimum absolute atomic E-state index is 0.0689. The lowest BCUT2D eigenvalue weighted by molar-refractivity contribution is -0.133. The van der Waals surface area contributed by atoms with Gasteiger partial charge in [0, 0.05) is 19.4 Å². The van der Waals surface area contributed by atoms with Crippen LogP contribution in [-0.2, 0) is 11.2 Å². The van der Waals surface area contributed by atoms with E-state index in [1.165, 1.54) is 12.3 Å². The van der Waals surface area contributed by atoms with E-state index in [9.17, 15) is 9.18 Å². The van der Waals surface area contributed by atoms with Gasteiger partial charge < -0.3 is 14.1 Å². The van der Waals surface area contributed by atoms with Crippen LogP contribution in [0.3, 0.4) is 0 Å². The number of amides is 1. The molecule has 0 bridgehead atoms. The summed E-state index contributed by atoms with van der Waals surface area (Å²) in [7, 11) is 1.65. The smallest absolute Gasteiger partial charge is 0.223 e. The molecule has 1 aromatic heterocycles. The molecule has 5 nitrogen and oxygen atoms in total. The van der Waals surface area contributed by atoms with Gasteiger partial charge in [-0.15, -0.1) is 0 Å². The largest absolute Gasteiger partial charge is 0.497 e. The van der Waals surface area contributed by atoms with Crippen LogP contribution in [0.5, 0.6) is 5.75 Å². The van der Waals surface area contributed by atoms with E-state index in [4.69, 9.17) is 9.15 Å². The Balaban J connectivity index is 1.44. The molecule has 0 radical (unpaired) electrons. The monoisotopic (exact) mass is 422 g/mol. The van der Waals surface area contributed by atoms with Gasteiger partial charge >= 0.3 is 0 Å². The van der Waals surface area contributed by atoms with Crippen LogP contribution in [0.15, 0.2) is 59.1 Å². The van der Waals surface area contributed by atoms with Gasteiger partial charge in [-0.3, -0.25) is 4.79 Å². The molecular weight excluding hydrogens is 395 g/mol. The second-order valence-electron chi connectivity index (χ2n) is 7.82. The maximum atomic E-state index is 14.0. The molecule has 1 fully saturated rings. The number of nitrogens with zero attached hydrogens (tertiary/aromatic N) is 2. The lowest BCUT2D eigenvalue weighted by Gasteiger charge is -2.30. The number of methoxy groups -OCH3 is 1. The number of rotatable bonds is 6. The second-order valence-corrected chi connectivity index (χ2v) is 7.82. The summed E-state index contributed by atoms with van der Waals surface area (Å²) in [5.41, 5.74) is 1.51. The first kappa shape index (κ1) is 21.1. The lowest BCUT2D eigenvalue weighted by atomic mass is 10.00. The molecule has 0 N–H and O–H groups in total. The van der Waals surface area contributed by atoms with Crippen molar-refractivity contribution in [3.63, 3.8) is 0 Å². The van der Waals surface area contributed by atoms with Crippen molar-refractivity contribution in [2.24, 2.45) is 0 Å². The molecule has 162 valence electrons. The summed E-state index contributed by atoms with van der Waals surface area (Å²) >= 11 is 0. The summed E-state index contributed by atoms with van der Waals surface area (Å²) in [6.45, 7) is 0.752. The van der Waals surface area contributed by atoms with Crippen molar-refractivity contribution in [2.75, 3.05) is 13.7 Å². The molecule has 6 heteroatoms. The SMILES string of the molecule is COc1ccc([C@@H]2CCCCCN2C(=O)CCc2ncc(-c3ccccc3F)o2)cc1. The van der Waals surface area contributed by atoms with Gasteiger partial charge in [-0.1, -0.05) is 37.1 Å². The molecule has 1 saturated heterocycles. The summed E-state index contributed by atoms with van der Waals surface area (Å²) in [6, 6.07) is 14.5. The van der Waals surface area contributed by atoms with Gasteiger partial charge in [0.25, 0.3) is 0 Å². The minimum atomic E-state index is -0.354. The highest BCUT2D eigenvalue weighted by Crippen LogP contribution is 2.32. The first-order valence-corrected chi connectivity index (χ1v) is 10.8. The van der Waals surface area contributed by atoms with Crippen molar-refractivity contribution in [2.45, 2.75) is 44.6 Å². The summed E-state index contributed by atoms with van der Waals surface area (Å²) in [5, 5.41) is 0. The first-order valence-electron chi connectivity index (χ1n) is 10.8. The van der Waals surface area contributed by atoms with E-state index in [0.29, 0.717) is 30.1 Å². The van der Waals surface area contributed by atoms with Crippen LogP contribution in [0, 0.1) is 5.82 Å². The molecule has 2 aromatic carbocycles. The van der Waals surface area contributed by atoms with Crippen LogP contribution >= 0.6 is 0 Å². The fraction of sp³-hybridized carbons (Fsp3) is 0.360. The summed E-state index contributed by atoms with van der Waals surface area (Å²) in [4.78, 5) is 19.4. The molecule has 1 aliphatic heterocycles. The highest BCUT2D eigenvalue weighted by molar-refractivity contribution is 5.77. The number of hydrogen-bond acceptors (Lipinski definition) is 4. The number of benzene rings is 2. The standard InChI is InChI=1S/C25H27FN2O3/c1-30-19-12-10-18(11-13-19)22-9-3-2-6-16-28(22)25(29)15-14-24-27-17-23(31-24)20-7-4-5-8-21(20)26/h4-5,7-8,10-13,17,22H,2-3,6,9,14-16H2,1H3/t22-/m0/s1. The highest BCUT2D eigenvalue weighted by atomic mass is 19.1. The minimum Gasteiger partial charge on any atom is -0.497 e. The third-order valence-electron chi connectivity index (χ3n) is 5.82. The van der Waals surface area contributed by atoms with Gasteiger partial charge in [-0.25, -0.2) is 9.37 Å². The third kappa shape index (κ3) is 4.95. The Morgan fingerprint density at radius 1 is 1.16 bits per heavy atom. The molecule has 3 aromatic rings. The Labute approximate surface area is 181 Å². The van der Waals surface area contributed by atoms with Gasteiger partial charge in [0.2, 0.25) is 5.91 Å². The van der Waals surface area contributed by atoms with E-state index in [0.717, 1.165) is 43.5 Å². The molecule has 0 saturated carbocycles. The number of aryl methyl sites for hydroxylation is 1. The zero-order valence-electron chi connectivity index (χ0n) is 17.7. The Morgan fingerprint density at radius 2 is 1.97 bits per heavy atom. The number of carbonyl (C=O) groups is 1. The Bertz CT molecular complexity index is 1020. The second kappa shape index (κ2) is 9.77. The Kier molecular flexibility index (Phi) is 6.65. The van der Waals surface area contributed by atoms with Crippen LogP contribution in [0.4, 0.5) is 4.39 Å². The summed E-state index contributed by atoms with van der Waals surface area (Å²) < 4.78 is 25.0. The molecule has 4 rings (SSSR count). The van der Waals surface area contributed by atoms with Gasteiger partial charge in [-0.05, 0) is 42.7 Å². The molecule has 0 aliphatic carbocycles. The zero-order valence-corrected chi connectivity index (χ0v) is 17.7. The van der Waals surface area contributed by atoms with Crippen molar-refractivity contribution >= 4 is 5.91 Å². The number of halogens is 1. The molecule has 2 heterocycles. The first-order chi connectivity index (χ1) is 15.2. The molecule has 31 heavy (non-hydrogen) atoms. The average Bonchev–Trinajstić information content (AvgIpc) is 3.13. The van der Waals surface area contributed by atoms with Crippen LogP contribution in [0.25, 0.3) is 11.3 Å². The van der Waals surface area contributed by atoms with Crippen molar-refractivity contribution in [3.8, 4) is 17.1 Å². The highest BCUT2D eigenvalue weighted by Gasteiger charge is 2.27. The maximum Gasteiger partial charge on any atom is 0.223 e. The molecule has 1 aliphatic rings. The van der Waals surface area contributed by atoms with Crippen LogP contribution in [-0.4, -0.2) is 29.4 Å². The van der Waals surface area contributed by atoms with E-state index >= 15 is 0 Å². The number of hydrogen-bond donors (Lipinski definition) is 0. The number of carbonyl (C=O) groups excluding carboxylic acids is 1. The van der Waals surface area contributed by atoms with Crippen molar-refractivity contribution in [1.82, 2.24) is 9.88 Å². The third-order valence-corrected chi connectivity index (χ3v) is 5.82. The van der Waals surface area contributed by atoms with E-state index in [1.807, 2.05) is 29.2 Å². The number of oxazole rings is 1. The summed E-state index contributed by atoms with van der Waals surface area (Å²) in [6.07, 6.45) is 6.41. The Hall–Kier alpha value is -3.15. The van der Waals surface area contributed by atoms with E-state index < -0.39 is 0 Å². The van der Waals surface area contributed by atoms with E-state index in [-0.39, 0.29) is 17.8 Å². The molecule has 0 unspecified atom stereocenters. The van der Waals surface area contributed by atoms with Gasteiger partial charge in [0.05, 0.1) is 24.9 Å². The molecule has 1 atom stereocenters. The number of ether oxygens (including phenoxy) is 1.